The van der Waals surface area contributed by atoms with Crippen LogP contribution in [0.1, 0.15) is 38.1 Å². The number of hydrogen-bond acceptors (Lipinski definition) is 8. The zero-order chi connectivity index (χ0) is 30.3. The molecule has 0 saturated heterocycles. The number of aryl methyl sites for hydroxylation is 1. The van der Waals surface area contributed by atoms with Crippen LogP contribution in [0.4, 0.5) is 5.13 Å². The number of amides is 1. The van der Waals surface area contributed by atoms with Crippen LogP contribution in [-0.2, 0) is 20.9 Å². The lowest BCUT2D eigenvalue weighted by molar-refractivity contribution is -0.117. The van der Waals surface area contributed by atoms with Gasteiger partial charge in [-0.25, -0.2) is 9.78 Å². The molecule has 0 radical (unpaired) electrons. The maximum Gasteiger partial charge on any atom is 0.350 e. The number of ketones is 1. The van der Waals surface area contributed by atoms with Crippen LogP contribution in [0.2, 0.25) is 0 Å². The highest BCUT2D eigenvalue weighted by Crippen LogP contribution is 2.43. The summed E-state index contributed by atoms with van der Waals surface area (Å²) in [5.74, 6) is -2.04. The normalized spacial score (nSPS) is 14.8. The molecule has 1 aromatic heterocycles. The van der Waals surface area contributed by atoms with Gasteiger partial charge in [0.2, 0.25) is 0 Å². The summed E-state index contributed by atoms with van der Waals surface area (Å²) in [5, 5.41) is 11.2. The largest absolute Gasteiger partial charge is 0.503 e. The number of esters is 1. The van der Waals surface area contributed by atoms with Crippen molar-refractivity contribution < 1.29 is 29.0 Å². The minimum Gasteiger partial charge on any atom is -0.503 e. The summed E-state index contributed by atoms with van der Waals surface area (Å²) in [6.45, 7) is 5.56. The summed E-state index contributed by atoms with van der Waals surface area (Å²) >= 11 is 0.946. The van der Waals surface area contributed by atoms with Crippen LogP contribution in [0.5, 0.6) is 5.75 Å². The summed E-state index contributed by atoms with van der Waals surface area (Å²) in [4.78, 5) is 45.6. The van der Waals surface area contributed by atoms with Crippen LogP contribution in [0.15, 0.2) is 115 Å². The SMILES string of the molecule is C=CCOC(=O)c1sc(N2C(=O)C(O)=C(C(=O)/C=C/c3ccccc3)C2c2ccc(OCc3ccccc3)cc2)nc1C. The maximum atomic E-state index is 13.6. The van der Waals surface area contributed by atoms with Crippen LogP contribution in [0, 0.1) is 6.92 Å². The summed E-state index contributed by atoms with van der Waals surface area (Å²) in [7, 11) is 0. The van der Waals surface area contributed by atoms with E-state index in [1.54, 1.807) is 37.3 Å². The quantitative estimate of drug-likeness (QED) is 0.120. The van der Waals surface area contributed by atoms with Crippen molar-refractivity contribution >= 4 is 40.2 Å². The fourth-order valence-corrected chi connectivity index (χ4v) is 5.54. The molecule has 1 N–H and O–H groups in total. The third kappa shape index (κ3) is 6.47. The smallest absolute Gasteiger partial charge is 0.350 e. The zero-order valence-corrected chi connectivity index (χ0v) is 24.1. The van der Waals surface area contributed by atoms with E-state index in [4.69, 9.17) is 9.47 Å². The molecule has 43 heavy (non-hydrogen) atoms. The van der Waals surface area contributed by atoms with E-state index in [0.717, 1.165) is 22.5 Å². The van der Waals surface area contributed by atoms with Gasteiger partial charge in [0.05, 0.1) is 17.3 Å². The van der Waals surface area contributed by atoms with Crippen LogP contribution in [0.25, 0.3) is 6.08 Å². The lowest BCUT2D eigenvalue weighted by Crippen LogP contribution is -2.30. The number of aliphatic hydroxyl groups excluding tert-OH is 1. The Labute approximate surface area is 252 Å². The molecule has 4 aromatic rings. The van der Waals surface area contributed by atoms with E-state index in [0.29, 0.717) is 23.6 Å². The molecular formula is C34H28N2O6S. The molecular weight excluding hydrogens is 564 g/mol. The topological polar surface area (TPSA) is 106 Å². The van der Waals surface area contributed by atoms with Gasteiger partial charge in [-0.1, -0.05) is 103 Å². The van der Waals surface area contributed by atoms with E-state index in [9.17, 15) is 19.5 Å². The first-order valence-corrected chi connectivity index (χ1v) is 14.2. The molecule has 1 aliphatic heterocycles. The number of aliphatic hydroxyl groups is 1. The number of aromatic nitrogens is 1. The molecule has 1 amide bonds. The molecule has 0 bridgehead atoms. The number of thiazole rings is 1. The van der Waals surface area contributed by atoms with Crippen LogP contribution < -0.4 is 9.64 Å². The molecule has 1 unspecified atom stereocenters. The summed E-state index contributed by atoms with van der Waals surface area (Å²) < 4.78 is 11.1. The first-order chi connectivity index (χ1) is 20.9. The van der Waals surface area contributed by atoms with Crippen molar-refractivity contribution in [3.05, 3.63) is 142 Å². The molecule has 1 aliphatic rings. The third-order valence-corrected chi connectivity index (χ3v) is 7.79. The second-order valence-corrected chi connectivity index (χ2v) is 10.6. The number of anilines is 1. The summed E-state index contributed by atoms with van der Waals surface area (Å²) in [6, 6.07) is 24.9. The van der Waals surface area contributed by atoms with E-state index < -0.39 is 29.5 Å². The number of ether oxygens (including phenoxy) is 2. The highest BCUT2D eigenvalue weighted by Gasteiger charge is 2.45. The fraction of sp³-hybridized carbons (Fsp3) is 0.118. The van der Waals surface area contributed by atoms with Gasteiger partial charge in [-0.05, 0) is 41.8 Å². The van der Waals surface area contributed by atoms with Gasteiger partial charge in [0.1, 0.15) is 23.8 Å². The zero-order valence-electron chi connectivity index (χ0n) is 23.3. The minimum absolute atomic E-state index is 0.0181. The third-order valence-electron chi connectivity index (χ3n) is 6.65. The number of hydrogen-bond donors (Lipinski definition) is 1. The lowest BCUT2D eigenvalue weighted by Gasteiger charge is -2.24. The molecule has 216 valence electrons. The molecule has 0 aliphatic carbocycles. The van der Waals surface area contributed by atoms with Gasteiger partial charge < -0.3 is 14.6 Å². The van der Waals surface area contributed by atoms with E-state index in [1.807, 2.05) is 60.7 Å². The van der Waals surface area contributed by atoms with Gasteiger partial charge in [-0.3, -0.25) is 14.5 Å². The first-order valence-electron chi connectivity index (χ1n) is 13.4. The Kier molecular flexibility index (Phi) is 8.93. The van der Waals surface area contributed by atoms with Crippen LogP contribution in [0.3, 0.4) is 0 Å². The number of carbonyl (C=O) groups is 3. The predicted molar refractivity (Wildman–Crippen MR) is 165 cm³/mol. The number of nitrogens with zero attached hydrogens (tertiary/aromatic N) is 2. The Hall–Kier alpha value is -5.28. The molecule has 3 aromatic carbocycles. The van der Waals surface area contributed by atoms with Gasteiger partial charge in [0.25, 0.3) is 5.91 Å². The minimum atomic E-state index is -1.01. The average molecular weight is 593 g/mol. The Morgan fingerprint density at radius 2 is 1.70 bits per heavy atom. The van der Waals surface area contributed by atoms with Crippen molar-refractivity contribution in [3.63, 3.8) is 0 Å². The summed E-state index contributed by atoms with van der Waals surface area (Å²) in [5.41, 5.74) is 2.59. The Bertz CT molecular complexity index is 1710. The highest BCUT2D eigenvalue weighted by molar-refractivity contribution is 7.17. The van der Waals surface area contributed by atoms with Crippen molar-refractivity contribution in [3.8, 4) is 5.75 Å². The van der Waals surface area contributed by atoms with Crippen molar-refractivity contribution in [1.29, 1.82) is 0 Å². The van der Waals surface area contributed by atoms with Gasteiger partial charge in [-0.15, -0.1) is 0 Å². The second-order valence-electron chi connectivity index (χ2n) is 9.59. The van der Waals surface area contributed by atoms with Gasteiger partial charge >= 0.3 is 5.97 Å². The lowest BCUT2D eigenvalue weighted by atomic mass is 9.95. The van der Waals surface area contributed by atoms with Crippen molar-refractivity contribution in [1.82, 2.24) is 4.98 Å². The molecule has 8 nitrogen and oxygen atoms in total. The molecule has 2 heterocycles. The Morgan fingerprint density at radius 3 is 2.37 bits per heavy atom. The van der Waals surface area contributed by atoms with Crippen LogP contribution >= 0.6 is 11.3 Å². The Balaban J connectivity index is 1.49. The molecule has 9 heteroatoms. The van der Waals surface area contributed by atoms with Gasteiger partial charge in [0, 0.05) is 0 Å². The average Bonchev–Trinajstić information content (AvgIpc) is 3.55. The summed E-state index contributed by atoms with van der Waals surface area (Å²) in [6.07, 6.45) is 4.40. The van der Waals surface area contributed by atoms with E-state index in [2.05, 4.69) is 11.6 Å². The second kappa shape index (κ2) is 13.1. The number of benzene rings is 3. The number of rotatable bonds is 11. The fourth-order valence-electron chi connectivity index (χ4n) is 4.56. The van der Waals surface area contributed by atoms with E-state index >= 15 is 0 Å². The number of carbonyl (C=O) groups excluding carboxylic acids is 3. The van der Waals surface area contributed by atoms with E-state index in [1.165, 1.54) is 17.1 Å². The molecule has 0 spiro atoms. The standard InChI is InChI=1S/C34H28N2O6S/c1-3-20-41-33(40)31-22(2)35-34(43-31)36-29(25-15-17-26(18-16-25)42-21-24-12-8-5-9-13-24)28(30(38)32(36)39)27(37)19-14-23-10-6-4-7-11-23/h3-19,29,38H,1,20-21H2,2H3/b19-14+. The monoisotopic (exact) mass is 592 g/mol. The number of allylic oxidation sites excluding steroid dienone is 1. The van der Waals surface area contributed by atoms with Gasteiger partial charge in [-0.2, -0.15) is 0 Å². The first kappa shape index (κ1) is 29.2. The highest BCUT2D eigenvalue weighted by atomic mass is 32.1. The maximum absolute atomic E-state index is 13.6. The Morgan fingerprint density at radius 1 is 1.02 bits per heavy atom. The molecule has 0 saturated carbocycles. The molecule has 1 atom stereocenters. The van der Waals surface area contributed by atoms with Gasteiger partial charge in [0.15, 0.2) is 16.7 Å². The van der Waals surface area contributed by atoms with Crippen molar-refractivity contribution in [2.24, 2.45) is 0 Å². The van der Waals surface area contributed by atoms with E-state index in [-0.39, 0.29) is 22.2 Å². The predicted octanol–water partition coefficient (Wildman–Crippen LogP) is 6.56. The molecule has 5 rings (SSSR count). The van der Waals surface area contributed by atoms with Crippen LogP contribution in [-0.4, -0.2) is 34.4 Å². The molecule has 0 fully saturated rings. The van der Waals surface area contributed by atoms with Crippen molar-refractivity contribution in [2.75, 3.05) is 11.5 Å². The van der Waals surface area contributed by atoms with Crippen molar-refractivity contribution in [2.45, 2.75) is 19.6 Å².